The number of allylic oxidation sites excluding steroid dienone is 13. The second kappa shape index (κ2) is 14.5. The van der Waals surface area contributed by atoms with Crippen LogP contribution in [0.5, 0.6) is 0 Å². The highest BCUT2D eigenvalue weighted by atomic mass is 32.2. The van der Waals surface area contributed by atoms with Crippen molar-refractivity contribution in [1.29, 1.82) is 0 Å². The first-order valence-corrected chi connectivity index (χ1v) is 20.7. The van der Waals surface area contributed by atoms with Crippen LogP contribution in [0.3, 0.4) is 0 Å². The van der Waals surface area contributed by atoms with E-state index in [0.29, 0.717) is 31.3 Å². The van der Waals surface area contributed by atoms with Gasteiger partial charge in [-0.15, -0.1) is 0 Å². The van der Waals surface area contributed by atoms with Gasteiger partial charge in [-0.25, -0.2) is 4.39 Å². The molecule has 0 heterocycles. The third kappa shape index (κ3) is 6.75. The molecule has 0 spiro atoms. The Bertz CT molecular complexity index is 1880. The third-order valence-corrected chi connectivity index (χ3v) is 14.2. The Morgan fingerprint density at radius 2 is 1.79 bits per heavy atom. The number of alkyl halides is 1. The fourth-order valence-corrected chi connectivity index (χ4v) is 11.0. The van der Waals surface area contributed by atoms with Gasteiger partial charge in [0.2, 0.25) is 5.78 Å². The second-order valence-corrected chi connectivity index (χ2v) is 18.6. The molecule has 0 bridgehead atoms. The summed E-state index contributed by atoms with van der Waals surface area (Å²) in [7, 11) is -4.06. The van der Waals surface area contributed by atoms with Crippen molar-refractivity contribution >= 4 is 27.7 Å². The van der Waals surface area contributed by atoms with Crippen molar-refractivity contribution in [3.63, 3.8) is 0 Å². The Hall–Kier alpha value is -3.21. The summed E-state index contributed by atoms with van der Waals surface area (Å²) in [4.78, 5) is 41.9. The van der Waals surface area contributed by atoms with Crippen molar-refractivity contribution in [2.24, 2.45) is 34.0 Å². The molecule has 10 heteroatoms. The SMILES string of the molecule is C/C=C(C)/C=C/C=C(C)/C=C/C1=C(C)CCCC1(C)C(=O)O[C@]1(C(=O)COS(C)(=O)=O)[C@H](C)C[C@H]2[C@@H]3CCC4=CC(=O)C=C[C@]4(C)[C@@]3(F)[C@@H](O)C[C@@]21C. The molecule has 0 amide bonds. The van der Waals surface area contributed by atoms with Crippen molar-refractivity contribution in [2.75, 3.05) is 12.9 Å². The maximum atomic E-state index is 18.0. The topological polar surface area (TPSA) is 124 Å². The molecule has 1 unspecified atom stereocenters. The molecular formula is C43H57FO8S. The molecule has 8 nitrogen and oxygen atoms in total. The van der Waals surface area contributed by atoms with Gasteiger partial charge in [0.15, 0.2) is 17.1 Å². The summed E-state index contributed by atoms with van der Waals surface area (Å²) < 4.78 is 54.1. The van der Waals surface area contributed by atoms with Gasteiger partial charge in [-0.3, -0.25) is 18.6 Å². The molecule has 9 atom stereocenters. The van der Waals surface area contributed by atoms with E-state index in [0.717, 1.165) is 41.4 Å². The molecule has 3 fully saturated rings. The number of carbonyl (C=O) groups excluding carboxylic acids is 3. The molecule has 0 aliphatic heterocycles. The minimum atomic E-state index is -4.06. The Morgan fingerprint density at radius 1 is 1.09 bits per heavy atom. The number of fused-ring (bicyclic) bond motifs is 5. The maximum Gasteiger partial charge on any atom is 0.317 e. The summed E-state index contributed by atoms with van der Waals surface area (Å²) in [5, 5.41) is 12.0. The lowest BCUT2D eigenvalue weighted by Crippen LogP contribution is -2.70. The van der Waals surface area contributed by atoms with Gasteiger partial charge in [-0.2, -0.15) is 8.42 Å². The van der Waals surface area contributed by atoms with Crippen molar-refractivity contribution in [2.45, 2.75) is 118 Å². The molecule has 5 rings (SSSR count). The summed E-state index contributed by atoms with van der Waals surface area (Å²) in [5.41, 5.74) is -3.20. The van der Waals surface area contributed by atoms with Crippen LogP contribution >= 0.6 is 0 Å². The van der Waals surface area contributed by atoms with Crippen LogP contribution in [0.25, 0.3) is 0 Å². The van der Waals surface area contributed by atoms with E-state index in [1.807, 2.05) is 71.1 Å². The lowest BCUT2D eigenvalue weighted by atomic mass is 9.44. The monoisotopic (exact) mass is 752 g/mol. The normalized spacial score (nSPS) is 39.2. The lowest BCUT2D eigenvalue weighted by molar-refractivity contribution is -0.231. The molecule has 290 valence electrons. The third-order valence-electron chi connectivity index (χ3n) is 13.7. The fraction of sp³-hybridized carbons (Fsp3) is 0.605. The van der Waals surface area contributed by atoms with E-state index in [9.17, 15) is 27.9 Å². The number of hydrogen-bond donors (Lipinski definition) is 1. The average molecular weight is 753 g/mol. The van der Waals surface area contributed by atoms with Gasteiger partial charge < -0.3 is 9.84 Å². The minimum Gasteiger partial charge on any atom is -0.449 e. The number of ketones is 2. The highest BCUT2D eigenvalue weighted by molar-refractivity contribution is 7.86. The second-order valence-electron chi connectivity index (χ2n) is 16.9. The first-order valence-electron chi connectivity index (χ1n) is 18.9. The van der Waals surface area contributed by atoms with Gasteiger partial charge in [0.1, 0.15) is 6.61 Å². The first-order chi connectivity index (χ1) is 24.6. The molecular weight excluding hydrogens is 696 g/mol. The summed E-state index contributed by atoms with van der Waals surface area (Å²) in [6.45, 7) is 14.2. The number of ether oxygens (including phenoxy) is 1. The summed E-state index contributed by atoms with van der Waals surface area (Å²) in [6, 6.07) is 0. The van der Waals surface area contributed by atoms with Gasteiger partial charge in [-0.1, -0.05) is 78.7 Å². The number of aliphatic hydroxyl groups excluding tert-OH is 1. The van der Waals surface area contributed by atoms with Crippen LogP contribution < -0.4 is 0 Å². The standard InChI is InChI=1S/C43H57FO8S/c1-10-27(2)13-11-14-28(3)16-18-33-29(4)15-12-21-39(33,6)38(48)52-43(37(47)26-51-53(9,49)50)30(5)23-35-34-19-17-31-24-32(45)20-22-40(31,7)42(34,44)36(46)25-41(35,43)8/h10-11,13-14,16,18,20,22,24,30,34-36,46H,12,15,17,19,21,23,25-26H2,1-9H3/b13-11+,18-16+,27-10+,28-14+/t30-,34+,35+,36+,39?,40+,41+,42+,43+/m1/s1. The largest absolute Gasteiger partial charge is 0.449 e. The van der Waals surface area contributed by atoms with Crippen LogP contribution in [0.4, 0.5) is 4.39 Å². The van der Waals surface area contributed by atoms with Crippen LogP contribution in [-0.4, -0.2) is 61.3 Å². The number of halogens is 1. The van der Waals surface area contributed by atoms with E-state index in [1.165, 1.54) is 12.2 Å². The van der Waals surface area contributed by atoms with E-state index in [2.05, 4.69) is 0 Å². The Balaban J connectivity index is 1.58. The van der Waals surface area contributed by atoms with Gasteiger partial charge >= 0.3 is 5.97 Å². The maximum absolute atomic E-state index is 18.0. The van der Waals surface area contributed by atoms with Crippen LogP contribution in [0.1, 0.15) is 100 Å². The summed E-state index contributed by atoms with van der Waals surface area (Å²) in [5.74, 6) is -3.49. The van der Waals surface area contributed by atoms with E-state index in [-0.39, 0.29) is 12.2 Å². The molecule has 53 heavy (non-hydrogen) atoms. The minimum absolute atomic E-state index is 0.219. The number of aliphatic hydroxyl groups is 1. The van der Waals surface area contributed by atoms with E-state index in [4.69, 9.17) is 8.92 Å². The van der Waals surface area contributed by atoms with Crippen molar-refractivity contribution in [1.82, 2.24) is 0 Å². The van der Waals surface area contributed by atoms with E-state index in [1.54, 1.807) is 26.8 Å². The first kappa shape index (κ1) is 41.0. The number of hydrogen-bond acceptors (Lipinski definition) is 8. The van der Waals surface area contributed by atoms with Gasteiger partial charge in [0.25, 0.3) is 10.1 Å². The highest BCUT2D eigenvalue weighted by Gasteiger charge is 2.77. The Labute approximate surface area is 315 Å². The van der Waals surface area contributed by atoms with Gasteiger partial charge in [-0.05, 0) is 110 Å². The van der Waals surface area contributed by atoms with Crippen molar-refractivity contribution < 1.29 is 41.2 Å². The van der Waals surface area contributed by atoms with Crippen LogP contribution in [-0.2, 0) is 33.4 Å². The Kier molecular flexibility index (Phi) is 11.2. The molecule has 5 aliphatic carbocycles. The van der Waals surface area contributed by atoms with E-state index >= 15 is 4.39 Å². The fourth-order valence-electron chi connectivity index (χ4n) is 10.6. The molecule has 5 aliphatic rings. The van der Waals surface area contributed by atoms with Crippen molar-refractivity contribution in [3.8, 4) is 0 Å². The van der Waals surface area contributed by atoms with Crippen molar-refractivity contribution in [3.05, 3.63) is 82.5 Å². The predicted molar refractivity (Wildman–Crippen MR) is 204 cm³/mol. The van der Waals surface area contributed by atoms with Gasteiger partial charge in [0.05, 0.1) is 17.8 Å². The molecule has 0 aromatic carbocycles. The zero-order valence-electron chi connectivity index (χ0n) is 32.8. The summed E-state index contributed by atoms with van der Waals surface area (Å²) in [6.07, 6.45) is 18.4. The van der Waals surface area contributed by atoms with Crippen LogP contribution in [0, 0.1) is 34.0 Å². The molecule has 0 radical (unpaired) electrons. The zero-order chi connectivity index (χ0) is 39.4. The molecule has 1 N–H and O–H groups in total. The number of esters is 1. The van der Waals surface area contributed by atoms with Crippen LogP contribution in [0.2, 0.25) is 0 Å². The lowest BCUT2D eigenvalue weighted by Gasteiger charge is -2.63. The zero-order valence-corrected chi connectivity index (χ0v) is 33.6. The van der Waals surface area contributed by atoms with Crippen LogP contribution in [0.15, 0.2) is 82.5 Å². The molecule has 0 saturated heterocycles. The highest BCUT2D eigenvalue weighted by Crippen LogP contribution is 2.71. The predicted octanol–water partition coefficient (Wildman–Crippen LogP) is 7.96. The molecule has 0 aromatic rings. The summed E-state index contributed by atoms with van der Waals surface area (Å²) >= 11 is 0. The molecule has 3 saturated carbocycles. The smallest absolute Gasteiger partial charge is 0.317 e. The number of carbonyl (C=O) groups is 3. The van der Waals surface area contributed by atoms with E-state index < -0.39 is 79.9 Å². The Morgan fingerprint density at radius 3 is 2.45 bits per heavy atom. The average Bonchev–Trinajstić information content (AvgIpc) is 3.29. The number of rotatable bonds is 10. The number of Topliss-reactive ketones (excluding diaryl/α,β-unsaturated/α-hetero) is 1. The quantitative estimate of drug-likeness (QED) is 0.136. The molecule has 0 aromatic heterocycles. The van der Waals surface area contributed by atoms with Gasteiger partial charge in [0, 0.05) is 22.7 Å².